The zero-order chi connectivity index (χ0) is 18.2. The zero-order valence-corrected chi connectivity index (χ0v) is 13.5. The third kappa shape index (κ3) is 4.97. The summed E-state index contributed by atoms with van der Waals surface area (Å²) in [6, 6.07) is 6.72. The first-order chi connectivity index (χ1) is 12.1. The van der Waals surface area contributed by atoms with Crippen LogP contribution in [0.3, 0.4) is 0 Å². The van der Waals surface area contributed by atoms with Gasteiger partial charge < -0.3 is 25.5 Å². The summed E-state index contributed by atoms with van der Waals surface area (Å²) in [6.07, 6.45) is 1.00. The molecule has 0 atom stereocenters. The second-order valence-corrected chi connectivity index (χ2v) is 5.16. The van der Waals surface area contributed by atoms with E-state index in [1.54, 1.807) is 24.3 Å². The number of nitrogens with zero attached hydrogens (tertiary/aromatic N) is 5. The Morgan fingerprint density at radius 1 is 0.680 bits per heavy atom. The molecule has 0 unspecified atom stereocenters. The maximum Gasteiger partial charge on any atom is 0.234 e. The molecule has 2 rings (SSSR count). The van der Waals surface area contributed by atoms with Crippen molar-refractivity contribution in [2.75, 3.05) is 36.7 Å². The molecule has 136 valence electrons. The molecule has 10 heteroatoms. The zero-order valence-electron chi connectivity index (χ0n) is 13.5. The number of hydrogen-bond donors (Lipinski definition) is 5. The minimum absolute atomic E-state index is 0.0302. The molecule has 0 aliphatic carbocycles. The number of phenolic OH excluding ortho intramolecular Hbond substituents is 1. The maximum atomic E-state index is 9.31. The number of hydrogen-bond acceptors (Lipinski definition) is 10. The monoisotopic (exact) mass is 351 g/mol. The number of phenols is 1. The van der Waals surface area contributed by atoms with Gasteiger partial charge in [0.25, 0.3) is 0 Å². The van der Waals surface area contributed by atoms with Gasteiger partial charge in [0.2, 0.25) is 11.9 Å². The molecule has 1 heterocycles. The van der Waals surface area contributed by atoms with Crippen LogP contribution in [-0.4, -0.2) is 67.4 Å². The van der Waals surface area contributed by atoms with Crippen LogP contribution in [0, 0.1) is 0 Å². The van der Waals surface area contributed by atoms with Crippen molar-refractivity contribution in [1.82, 2.24) is 15.0 Å². The summed E-state index contributed by atoms with van der Waals surface area (Å²) in [4.78, 5) is 14.6. The molecule has 0 spiro atoms. The fourth-order valence-electron chi connectivity index (χ4n) is 2.05. The Balaban J connectivity index is 2.26. The number of aliphatic hydroxyl groups is 4. The number of aryl methyl sites for hydroxylation is 2. The molecule has 25 heavy (non-hydrogen) atoms. The molecule has 0 saturated heterocycles. The highest BCUT2D eigenvalue weighted by atomic mass is 16.3. The Morgan fingerprint density at radius 3 is 1.60 bits per heavy atom. The predicted molar refractivity (Wildman–Crippen MR) is 88.6 cm³/mol. The van der Waals surface area contributed by atoms with Crippen molar-refractivity contribution in [2.45, 2.75) is 12.8 Å². The van der Waals surface area contributed by atoms with E-state index in [0.29, 0.717) is 18.7 Å². The maximum absolute atomic E-state index is 9.31. The summed E-state index contributed by atoms with van der Waals surface area (Å²) >= 11 is 0. The SMILES string of the molecule is OCN(CO)c1nc(CCc2ccc(O)cc2)nc(N(CO)CO)n1. The second kappa shape index (κ2) is 9.08. The number of aromatic nitrogens is 3. The van der Waals surface area contributed by atoms with Crippen LogP contribution in [-0.2, 0) is 12.8 Å². The minimum atomic E-state index is -0.504. The van der Waals surface area contributed by atoms with Gasteiger partial charge in [-0.2, -0.15) is 15.0 Å². The fourth-order valence-corrected chi connectivity index (χ4v) is 2.05. The second-order valence-electron chi connectivity index (χ2n) is 5.16. The Labute approximate surface area is 144 Å². The summed E-state index contributed by atoms with van der Waals surface area (Å²) in [6.45, 7) is -2.02. The molecule has 1 aromatic carbocycles. The Kier molecular flexibility index (Phi) is 6.83. The van der Waals surface area contributed by atoms with E-state index in [1.807, 2.05) is 0 Å². The molecule has 5 N–H and O–H groups in total. The van der Waals surface area contributed by atoms with Crippen molar-refractivity contribution >= 4 is 11.9 Å². The standard InChI is InChI=1S/C15H21N5O5/c21-7-19(8-22)14-16-13(17-15(18-14)20(9-23)10-24)6-3-11-1-4-12(25)5-2-11/h1-2,4-5,21-25H,3,6-10H2. The van der Waals surface area contributed by atoms with Gasteiger partial charge in [-0.3, -0.25) is 9.80 Å². The first kappa shape index (κ1) is 18.8. The molecule has 0 amide bonds. The number of aromatic hydroxyl groups is 1. The number of rotatable bonds is 9. The quantitative estimate of drug-likeness (QED) is 0.348. The molecule has 2 aromatic rings. The van der Waals surface area contributed by atoms with E-state index in [9.17, 15) is 25.5 Å². The molecule has 0 saturated carbocycles. The average molecular weight is 351 g/mol. The van der Waals surface area contributed by atoms with Crippen LogP contribution in [0.15, 0.2) is 24.3 Å². The van der Waals surface area contributed by atoms with Gasteiger partial charge in [-0.15, -0.1) is 0 Å². The lowest BCUT2D eigenvalue weighted by Crippen LogP contribution is -2.31. The van der Waals surface area contributed by atoms with Gasteiger partial charge in [-0.05, 0) is 24.1 Å². The largest absolute Gasteiger partial charge is 0.508 e. The topological polar surface area (TPSA) is 146 Å². The lowest BCUT2D eigenvalue weighted by atomic mass is 10.1. The highest BCUT2D eigenvalue weighted by Crippen LogP contribution is 2.16. The van der Waals surface area contributed by atoms with Crippen LogP contribution in [0.25, 0.3) is 0 Å². The van der Waals surface area contributed by atoms with Crippen molar-refractivity contribution in [2.24, 2.45) is 0 Å². The highest BCUT2D eigenvalue weighted by Gasteiger charge is 2.16. The van der Waals surface area contributed by atoms with Crippen LogP contribution in [0.1, 0.15) is 11.4 Å². The van der Waals surface area contributed by atoms with Gasteiger partial charge in [-0.25, -0.2) is 0 Å². The van der Waals surface area contributed by atoms with Crippen molar-refractivity contribution < 1.29 is 25.5 Å². The molecular weight excluding hydrogens is 330 g/mol. The first-order valence-corrected chi connectivity index (χ1v) is 7.57. The van der Waals surface area contributed by atoms with Gasteiger partial charge in [-0.1, -0.05) is 12.1 Å². The summed E-state index contributed by atoms with van der Waals surface area (Å²) in [7, 11) is 0. The predicted octanol–water partition coefficient (Wildman–Crippen LogP) is -1.23. The van der Waals surface area contributed by atoms with Crippen molar-refractivity contribution in [3.8, 4) is 5.75 Å². The van der Waals surface area contributed by atoms with Gasteiger partial charge in [0.15, 0.2) is 0 Å². The number of anilines is 2. The summed E-state index contributed by atoms with van der Waals surface area (Å²) in [5.74, 6) is 0.605. The summed E-state index contributed by atoms with van der Waals surface area (Å²) in [5.41, 5.74) is 0.962. The Morgan fingerprint density at radius 2 is 1.16 bits per heavy atom. The first-order valence-electron chi connectivity index (χ1n) is 7.57. The molecule has 0 aliphatic heterocycles. The van der Waals surface area contributed by atoms with E-state index in [0.717, 1.165) is 15.4 Å². The average Bonchev–Trinajstić information content (AvgIpc) is 2.63. The molecule has 0 fully saturated rings. The fraction of sp³-hybridized carbons (Fsp3) is 0.400. The summed E-state index contributed by atoms with van der Waals surface area (Å²) in [5, 5.41) is 46.4. The Hall–Kier alpha value is -2.53. The molecule has 0 aliphatic rings. The Bertz CT molecular complexity index is 632. The van der Waals surface area contributed by atoms with Crippen LogP contribution in [0.2, 0.25) is 0 Å². The minimum Gasteiger partial charge on any atom is -0.508 e. The summed E-state index contributed by atoms with van der Waals surface area (Å²) < 4.78 is 0. The number of benzene rings is 1. The van der Waals surface area contributed by atoms with Gasteiger partial charge in [0.1, 0.15) is 38.5 Å². The van der Waals surface area contributed by atoms with E-state index in [2.05, 4.69) is 15.0 Å². The van der Waals surface area contributed by atoms with E-state index >= 15 is 0 Å². The highest BCUT2D eigenvalue weighted by molar-refractivity contribution is 5.38. The van der Waals surface area contributed by atoms with E-state index in [4.69, 9.17) is 0 Å². The van der Waals surface area contributed by atoms with E-state index in [1.165, 1.54) is 0 Å². The molecule has 10 nitrogen and oxygen atoms in total. The van der Waals surface area contributed by atoms with Crippen LogP contribution in [0.4, 0.5) is 11.9 Å². The third-order valence-corrected chi connectivity index (χ3v) is 3.48. The molecule has 0 bridgehead atoms. The van der Waals surface area contributed by atoms with Crippen molar-refractivity contribution in [3.63, 3.8) is 0 Å². The molecule has 1 aromatic heterocycles. The van der Waals surface area contributed by atoms with E-state index in [-0.39, 0.29) is 17.6 Å². The van der Waals surface area contributed by atoms with Crippen molar-refractivity contribution in [1.29, 1.82) is 0 Å². The molecular formula is C15H21N5O5. The van der Waals surface area contributed by atoms with Gasteiger partial charge >= 0.3 is 0 Å². The normalized spacial score (nSPS) is 10.7. The smallest absolute Gasteiger partial charge is 0.234 e. The third-order valence-electron chi connectivity index (χ3n) is 3.48. The van der Waals surface area contributed by atoms with Crippen LogP contribution < -0.4 is 9.80 Å². The van der Waals surface area contributed by atoms with Gasteiger partial charge in [0, 0.05) is 6.42 Å². The molecule has 0 radical (unpaired) electrons. The van der Waals surface area contributed by atoms with E-state index < -0.39 is 26.9 Å². The van der Waals surface area contributed by atoms with Crippen LogP contribution >= 0.6 is 0 Å². The van der Waals surface area contributed by atoms with Gasteiger partial charge in [0.05, 0.1) is 0 Å². The van der Waals surface area contributed by atoms with Crippen molar-refractivity contribution in [3.05, 3.63) is 35.7 Å². The lowest BCUT2D eigenvalue weighted by molar-refractivity contribution is 0.217. The number of aliphatic hydroxyl groups excluding tert-OH is 4. The van der Waals surface area contributed by atoms with Crippen LogP contribution in [0.5, 0.6) is 5.75 Å². The lowest BCUT2D eigenvalue weighted by Gasteiger charge is -2.21.